The minimum atomic E-state index is -0.243. The Kier molecular flexibility index (Phi) is 5.99. The number of halogens is 1. The molecule has 0 fully saturated rings. The predicted molar refractivity (Wildman–Crippen MR) is 88.8 cm³/mol. The molecule has 0 heterocycles. The molecule has 0 saturated carbocycles. The summed E-state index contributed by atoms with van der Waals surface area (Å²) in [5.74, 6) is -0.243. The van der Waals surface area contributed by atoms with E-state index in [0.717, 1.165) is 5.56 Å². The topological polar surface area (TPSA) is 38.3 Å². The Morgan fingerprint density at radius 3 is 2.32 bits per heavy atom. The van der Waals surface area contributed by atoms with Gasteiger partial charge in [-0.3, -0.25) is 4.79 Å². The number of esters is 1. The summed E-state index contributed by atoms with van der Waals surface area (Å²) in [7, 11) is 1.40. The lowest BCUT2D eigenvalue weighted by Crippen LogP contribution is -2.27. The summed E-state index contributed by atoms with van der Waals surface area (Å²) in [6.07, 6.45) is 0.273. The molecule has 4 heteroatoms. The smallest absolute Gasteiger partial charge is 0.307 e. The third-order valence-corrected chi connectivity index (χ3v) is 3.87. The van der Waals surface area contributed by atoms with Crippen LogP contribution in [-0.2, 0) is 9.53 Å². The lowest BCUT2D eigenvalue weighted by molar-refractivity contribution is -0.141. The number of carbonyl (C=O) groups is 1. The van der Waals surface area contributed by atoms with E-state index in [2.05, 4.69) is 24.4 Å². The lowest BCUT2D eigenvalue weighted by atomic mass is 10.0. The second-order valence-electron chi connectivity index (χ2n) is 5.18. The van der Waals surface area contributed by atoms with Crippen molar-refractivity contribution in [2.75, 3.05) is 7.11 Å². The van der Waals surface area contributed by atoms with Crippen LogP contribution in [0.3, 0.4) is 0 Å². The molecular weight excluding hydrogens is 298 g/mol. The van der Waals surface area contributed by atoms with E-state index in [1.165, 1.54) is 12.7 Å². The second-order valence-corrected chi connectivity index (χ2v) is 5.62. The Bertz CT molecular complexity index is 598. The molecule has 0 bridgehead atoms. The number of ether oxygens (including phenoxy) is 1. The molecular formula is C18H20ClNO2. The molecule has 2 aromatic carbocycles. The van der Waals surface area contributed by atoms with Gasteiger partial charge in [0.2, 0.25) is 0 Å². The van der Waals surface area contributed by atoms with Crippen LogP contribution in [0.15, 0.2) is 54.6 Å². The molecule has 0 saturated heterocycles. The molecule has 0 spiro atoms. The van der Waals surface area contributed by atoms with Crippen LogP contribution in [-0.4, -0.2) is 13.1 Å². The van der Waals surface area contributed by atoms with Crippen molar-refractivity contribution >= 4 is 17.6 Å². The molecule has 0 aliphatic rings. The minimum absolute atomic E-state index is 0.117. The molecule has 0 radical (unpaired) electrons. The van der Waals surface area contributed by atoms with E-state index in [0.29, 0.717) is 5.02 Å². The molecule has 0 aliphatic heterocycles. The maximum Gasteiger partial charge on any atom is 0.307 e. The van der Waals surface area contributed by atoms with Crippen molar-refractivity contribution in [3.05, 3.63) is 70.7 Å². The normalized spacial score (nSPS) is 13.4. The van der Waals surface area contributed by atoms with Gasteiger partial charge in [0.1, 0.15) is 0 Å². The number of methoxy groups -OCH3 is 1. The van der Waals surface area contributed by atoms with Crippen LogP contribution in [0, 0.1) is 0 Å². The highest BCUT2D eigenvalue weighted by molar-refractivity contribution is 6.30. The van der Waals surface area contributed by atoms with Crippen LogP contribution in [0.5, 0.6) is 0 Å². The number of rotatable bonds is 6. The van der Waals surface area contributed by atoms with Gasteiger partial charge in [-0.25, -0.2) is 0 Å². The molecule has 0 aliphatic carbocycles. The van der Waals surface area contributed by atoms with Gasteiger partial charge in [0.25, 0.3) is 0 Å². The van der Waals surface area contributed by atoms with E-state index in [9.17, 15) is 4.79 Å². The van der Waals surface area contributed by atoms with Crippen LogP contribution >= 0.6 is 11.6 Å². The van der Waals surface area contributed by atoms with Crippen molar-refractivity contribution in [2.24, 2.45) is 0 Å². The van der Waals surface area contributed by atoms with Crippen molar-refractivity contribution in [1.82, 2.24) is 5.32 Å². The van der Waals surface area contributed by atoms with Crippen molar-refractivity contribution in [3.63, 3.8) is 0 Å². The van der Waals surface area contributed by atoms with Gasteiger partial charge in [-0.1, -0.05) is 54.1 Å². The second kappa shape index (κ2) is 7.97. The summed E-state index contributed by atoms with van der Waals surface area (Å²) in [5, 5.41) is 4.17. The number of benzene rings is 2. The summed E-state index contributed by atoms with van der Waals surface area (Å²) in [4.78, 5) is 11.7. The first kappa shape index (κ1) is 16.5. The van der Waals surface area contributed by atoms with Crippen molar-refractivity contribution in [1.29, 1.82) is 0 Å². The summed E-state index contributed by atoms with van der Waals surface area (Å²) < 4.78 is 4.81. The maximum atomic E-state index is 11.7. The zero-order valence-electron chi connectivity index (χ0n) is 12.8. The van der Waals surface area contributed by atoms with Gasteiger partial charge in [0.15, 0.2) is 0 Å². The molecule has 22 heavy (non-hydrogen) atoms. The molecule has 0 unspecified atom stereocenters. The summed E-state index contributed by atoms with van der Waals surface area (Å²) in [5.41, 5.74) is 2.18. The molecule has 2 atom stereocenters. The quantitative estimate of drug-likeness (QED) is 0.807. The SMILES string of the molecule is COC(=O)C[C@H](N[C@H](C)c1ccccc1)c1ccc(Cl)cc1. The van der Waals surface area contributed by atoms with Crippen LogP contribution in [0.1, 0.15) is 36.6 Å². The van der Waals surface area contributed by atoms with E-state index in [4.69, 9.17) is 16.3 Å². The van der Waals surface area contributed by atoms with Gasteiger partial charge in [-0.05, 0) is 30.2 Å². The lowest BCUT2D eigenvalue weighted by Gasteiger charge is -2.23. The van der Waals surface area contributed by atoms with E-state index < -0.39 is 0 Å². The molecule has 0 amide bonds. The Hall–Kier alpha value is -1.84. The fraction of sp³-hybridized carbons (Fsp3) is 0.278. The summed E-state index contributed by atoms with van der Waals surface area (Å²) in [6, 6.07) is 17.6. The Morgan fingerprint density at radius 1 is 1.09 bits per heavy atom. The third kappa shape index (κ3) is 4.58. The van der Waals surface area contributed by atoms with E-state index in [-0.39, 0.29) is 24.5 Å². The van der Waals surface area contributed by atoms with E-state index in [1.807, 2.05) is 42.5 Å². The third-order valence-electron chi connectivity index (χ3n) is 3.62. The average molecular weight is 318 g/mol. The van der Waals surface area contributed by atoms with Gasteiger partial charge in [0, 0.05) is 17.1 Å². The molecule has 2 rings (SSSR count). The van der Waals surface area contributed by atoms with Crippen molar-refractivity contribution in [2.45, 2.75) is 25.4 Å². The van der Waals surface area contributed by atoms with Gasteiger partial charge < -0.3 is 10.1 Å². The Morgan fingerprint density at radius 2 is 1.73 bits per heavy atom. The van der Waals surface area contributed by atoms with Crippen LogP contribution in [0.25, 0.3) is 0 Å². The zero-order valence-corrected chi connectivity index (χ0v) is 13.5. The van der Waals surface area contributed by atoms with Crippen molar-refractivity contribution < 1.29 is 9.53 Å². The number of hydrogen-bond acceptors (Lipinski definition) is 3. The monoisotopic (exact) mass is 317 g/mol. The highest BCUT2D eigenvalue weighted by Crippen LogP contribution is 2.24. The van der Waals surface area contributed by atoms with Crippen LogP contribution in [0.4, 0.5) is 0 Å². The Balaban J connectivity index is 2.17. The molecule has 116 valence electrons. The fourth-order valence-corrected chi connectivity index (χ4v) is 2.48. The first-order valence-corrected chi connectivity index (χ1v) is 7.61. The molecule has 2 aromatic rings. The highest BCUT2D eigenvalue weighted by atomic mass is 35.5. The number of carbonyl (C=O) groups excluding carboxylic acids is 1. The standard InChI is InChI=1S/C18H20ClNO2/c1-13(14-6-4-3-5-7-14)20-17(12-18(21)22-2)15-8-10-16(19)11-9-15/h3-11,13,17,20H,12H2,1-2H3/t13-,17+/m1/s1. The van der Waals surface area contributed by atoms with E-state index in [1.54, 1.807) is 0 Å². The average Bonchev–Trinajstić information content (AvgIpc) is 2.55. The summed E-state index contributed by atoms with van der Waals surface area (Å²) in [6.45, 7) is 2.08. The molecule has 0 aromatic heterocycles. The van der Waals surface area contributed by atoms with Crippen molar-refractivity contribution in [3.8, 4) is 0 Å². The van der Waals surface area contributed by atoms with Gasteiger partial charge >= 0.3 is 5.97 Å². The van der Waals surface area contributed by atoms with Gasteiger partial charge in [-0.2, -0.15) is 0 Å². The molecule has 3 nitrogen and oxygen atoms in total. The maximum absolute atomic E-state index is 11.7. The van der Waals surface area contributed by atoms with Crippen LogP contribution < -0.4 is 5.32 Å². The van der Waals surface area contributed by atoms with Gasteiger partial charge in [0.05, 0.1) is 13.5 Å². The number of nitrogens with one attached hydrogen (secondary N) is 1. The predicted octanol–water partition coefficient (Wildman–Crippen LogP) is 4.30. The first-order chi connectivity index (χ1) is 10.6. The van der Waals surface area contributed by atoms with Gasteiger partial charge in [-0.15, -0.1) is 0 Å². The zero-order chi connectivity index (χ0) is 15.9. The highest BCUT2D eigenvalue weighted by Gasteiger charge is 2.19. The van der Waals surface area contributed by atoms with E-state index >= 15 is 0 Å². The summed E-state index contributed by atoms with van der Waals surface area (Å²) >= 11 is 5.94. The van der Waals surface area contributed by atoms with Crippen LogP contribution in [0.2, 0.25) is 5.02 Å². The largest absolute Gasteiger partial charge is 0.469 e. The first-order valence-electron chi connectivity index (χ1n) is 7.23. The molecule has 1 N–H and O–H groups in total. The fourth-order valence-electron chi connectivity index (χ4n) is 2.36. The number of hydrogen-bond donors (Lipinski definition) is 1. The Labute approximate surface area is 136 Å². The minimum Gasteiger partial charge on any atom is -0.469 e.